The summed E-state index contributed by atoms with van der Waals surface area (Å²) in [5, 5.41) is 17.1. The lowest BCUT2D eigenvalue weighted by molar-refractivity contribution is -0.142. The van der Waals surface area contributed by atoms with Crippen molar-refractivity contribution in [3.63, 3.8) is 0 Å². The zero-order valence-electron chi connectivity index (χ0n) is 40.9. The molecule has 3 aromatic heterocycles. The third kappa shape index (κ3) is 10.7. The van der Waals surface area contributed by atoms with Crippen LogP contribution in [0.25, 0.3) is 29.9 Å². The number of hydrogen-bond acceptors (Lipinski definition) is 6. The molecule has 0 spiro atoms. The number of fused-ring (bicyclic) bond motifs is 7. The van der Waals surface area contributed by atoms with E-state index in [-0.39, 0.29) is 36.6 Å². The number of aliphatic hydroxyl groups excluding tert-OH is 1. The SMILES string of the molecule is C=Cc1c2[nH]c(c1C)/C=C1\N/C(=C3\c4[nH]c(c(C)c4C(=O)[C@@H]3C(O)OC)/C=c3\[nH]/c(c(C)c3CC)=C\2)[C@@H](CCC(=O)OC/C=C(\C)CCC[C@H](C)CCC[C@H](C)CCCC(C)C)[C@@H]1C. The first-order chi connectivity index (χ1) is 30.6. The number of methoxy groups -OCH3 is 1. The fraction of sp³-hybridized carbons (Fsp3) is 0.564. The van der Waals surface area contributed by atoms with Gasteiger partial charge in [0.2, 0.25) is 0 Å². The van der Waals surface area contributed by atoms with Crippen LogP contribution in [0.2, 0.25) is 0 Å². The lowest BCUT2D eigenvalue weighted by Crippen LogP contribution is -2.29. The number of aromatic nitrogens is 3. The molecule has 6 rings (SSSR count). The van der Waals surface area contributed by atoms with Crippen LogP contribution in [0, 0.1) is 56.3 Å². The van der Waals surface area contributed by atoms with Crippen molar-refractivity contribution >= 4 is 41.6 Å². The normalized spacial score (nSPS) is 22.6. The Morgan fingerprint density at radius 2 is 1.52 bits per heavy atom. The number of hydrogen-bond donors (Lipinski definition) is 5. The van der Waals surface area contributed by atoms with Crippen LogP contribution in [0.4, 0.5) is 0 Å². The molecule has 0 amide bonds. The molecule has 0 radical (unpaired) electrons. The van der Waals surface area contributed by atoms with Gasteiger partial charge in [-0.15, -0.1) is 0 Å². The number of rotatable bonds is 21. The molecule has 5 heterocycles. The van der Waals surface area contributed by atoms with Crippen molar-refractivity contribution in [3.8, 4) is 0 Å². The van der Waals surface area contributed by atoms with Crippen molar-refractivity contribution in [2.75, 3.05) is 13.7 Å². The van der Waals surface area contributed by atoms with Gasteiger partial charge < -0.3 is 34.8 Å². The Balaban J connectivity index is 1.21. The first kappa shape index (κ1) is 48.8. The second-order valence-electron chi connectivity index (χ2n) is 19.9. The van der Waals surface area contributed by atoms with Gasteiger partial charge in [-0.1, -0.05) is 105 Å². The average molecular weight is 875 g/mol. The van der Waals surface area contributed by atoms with Gasteiger partial charge in [-0.05, 0) is 118 Å². The van der Waals surface area contributed by atoms with Gasteiger partial charge in [0.1, 0.15) is 12.5 Å². The molecule has 6 atom stereocenters. The van der Waals surface area contributed by atoms with E-state index in [9.17, 15) is 14.7 Å². The monoisotopic (exact) mass is 875 g/mol. The number of ether oxygens (including phenoxy) is 2. The molecule has 3 aliphatic rings. The molecule has 64 heavy (non-hydrogen) atoms. The van der Waals surface area contributed by atoms with E-state index in [1.54, 1.807) is 0 Å². The summed E-state index contributed by atoms with van der Waals surface area (Å²) in [6.45, 7) is 26.5. The molecule has 5 N–H and O–H groups in total. The highest BCUT2D eigenvalue weighted by atomic mass is 16.6. The zero-order valence-corrected chi connectivity index (χ0v) is 40.9. The summed E-state index contributed by atoms with van der Waals surface area (Å²) in [6.07, 6.45) is 21.9. The highest BCUT2D eigenvalue weighted by Gasteiger charge is 2.48. The predicted octanol–water partition coefficient (Wildman–Crippen LogP) is 10.9. The van der Waals surface area contributed by atoms with E-state index >= 15 is 0 Å². The summed E-state index contributed by atoms with van der Waals surface area (Å²) in [5.74, 6) is 0.724. The highest BCUT2D eigenvalue weighted by molar-refractivity contribution is 6.15. The van der Waals surface area contributed by atoms with Gasteiger partial charge >= 0.3 is 5.97 Å². The van der Waals surface area contributed by atoms with Crippen molar-refractivity contribution in [1.82, 2.24) is 20.3 Å². The van der Waals surface area contributed by atoms with Gasteiger partial charge in [-0.25, -0.2) is 0 Å². The maximum absolute atomic E-state index is 14.5. The van der Waals surface area contributed by atoms with E-state index in [1.165, 1.54) is 68.8 Å². The van der Waals surface area contributed by atoms with E-state index in [2.05, 4.69) is 113 Å². The summed E-state index contributed by atoms with van der Waals surface area (Å²) in [6, 6.07) is 0. The Labute approximate surface area is 383 Å². The largest absolute Gasteiger partial charge is 0.461 e. The summed E-state index contributed by atoms with van der Waals surface area (Å²) in [5.41, 5.74) is 13.0. The van der Waals surface area contributed by atoms with Crippen LogP contribution in [0.5, 0.6) is 0 Å². The van der Waals surface area contributed by atoms with Crippen LogP contribution in [0.3, 0.4) is 0 Å². The molecular formula is C55H78N4O5. The maximum Gasteiger partial charge on any atom is 0.306 e. The molecular weight excluding hydrogens is 797 g/mol. The molecule has 8 bridgehead atoms. The Hall–Kier alpha value is -4.60. The van der Waals surface area contributed by atoms with Crippen LogP contribution < -0.4 is 16.0 Å². The molecule has 1 saturated heterocycles. The average Bonchev–Trinajstić information content (AvgIpc) is 3.99. The number of aliphatic hydroxyl groups is 1. The van der Waals surface area contributed by atoms with E-state index in [4.69, 9.17) is 9.47 Å². The Morgan fingerprint density at radius 1 is 0.859 bits per heavy atom. The topological polar surface area (TPSA) is 132 Å². The van der Waals surface area contributed by atoms with Crippen molar-refractivity contribution in [2.45, 2.75) is 153 Å². The van der Waals surface area contributed by atoms with E-state index in [0.717, 1.165) is 92.9 Å². The second-order valence-corrected chi connectivity index (χ2v) is 19.9. The third-order valence-electron chi connectivity index (χ3n) is 14.7. The van der Waals surface area contributed by atoms with Crippen LogP contribution in [0.15, 0.2) is 29.6 Å². The Morgan fingerprint density at radius 3 is 2.17 bits per heavy atom. The number of allylic oxidation sites excluding steroid dienone is 3. The third-order valence-corrected chi connectivity index (χ3v) is 14.7. The summed E-state index contributed by atoms with van der Waals surface area (Å²) in [7, 11) is 1.42. The number of nitrogens with one attached hydrogen (secondary N) is 4. The molecule has 1 fully saturated rings. The smallest absolute Gasteiger partial charge is 0.306 e. The first-order valence-corrected chi connectivity index (χ1v) is 24.4. The van der Waals surface area contributed by atoms with Crippen LogP contribution in [-0.4, -0.2) is 51.8 Å². The number of ketones is 1. The molecule has 1 aliphatic carbocycles. The van der Waals surface area contributed by atoms with Gasteiger partial charge in [-0.3, -0.25) is 9.59 Å². The fourth-order valence-corrected chi connectivity index (χ4v) is 10.5. The lowest BCUT2D eigenvalue weighted by Gasteiger charge is -2.23. The zero-order chi connectivity index (χ0) is 46.4. The number of aromatic amines is 3. The van der Waals surface area contributed by atoms with Crippen molar-refractivity contribution in [3.05, 3.63) is 96.5 Å². The van der Waals surface area contributed by atoms with Gasteiger partial charge in [0.15, 0.2) is 12.1 Å². The fourth-order valence-electron chi connectivity index (χ4n) is 10.5. The Bertz CT molecular complexity index is 2400. The molecule has 2 aliphatic heterocycles. The minimum atomic E-state index is -1.36. The second kappa shape index (κ2) is 21.6. The van der Waals surface area contributed by atoms with E-state index < -0.39 is 12.2 Å². The van der Waals surface area contributed by atoms with Crippen LogP contribution >= 0.6 is 0 Å². The summed E-state index contributed by atoms with van der Waals surface area (Å²) in [4.78, 5) is 38.9. The number of Topliss-reactive ketones (excluding diaryl/α,β-unsaturated/α-hetero) is 1. The number of H-pyrrole nitrogens is 3. The molecule has 1 unspecified atom stereocenters. The molecule has 3 aromatic rings. The van der Waals surface area contributed by atoms with Gasteiger partial charge in [0.05, 0.1) is 5.69 Å². The van der Waals surface area contributed by atoms with Crippen LogP contribution in [-0.2, 0) is 20.7 Å². The summed E-state index contributed by atoms with van der Waals surface area (Å²) >= 11 is 0. The van der Waals surface area contributed by atoms with Crippen molar-refractivity contribution in [1.29, 1.82) is 0 Å². The first-order valence-electron chi connectivity index (χ1n) is 24.4. The quantitative estimate of drug-likeness (QED) is 0.0411. The van der Waals surface area contributed by atoms with Crippen molar-refractivity contribution in [2.24, 2.45) is 35.5 Å². The number of esters is 1. The van der Waals surface area contributed by atoms with Gasteiger partial charge in [-0.2, -0.15) is 0 Å². The lowest BCUT2D eigenvalue weighted by atomic mass is 9.84. The van der Waals surface area contributed by atoms with Crippen molar-refractivity contribution < 1.29 is 24.2 Å². The molecule has 0 saturated carbocycles. The Kier molecular flexibility index (Phi) is 16.5. The minimum absolute atomic E-state index is 0.0579. The van der Waals surface area contributed by atoms with Gasteiger partial charge in [0.25, 0.3) is 0 Å². The predicted molar refractivity (Wildman–Crippen MR) is 263 cm³/mol. The van der Waals surface area contributed by atoms with Gasteiger partial charge in [0, 0.05) is 81.2 Å². The molecule has 9 nitrogen and oxygen atoms in total. The van der Waals surface area contributed by atoms with Crippen LogP contribution in [0.1, 0.15) is 180 Å². The molecule has 0 aromatic carbocycles. The highest BCUT2D eigenvalue weighted by Crippen LogP contribution is 2.49. The molecule has 9 heteroatoms. The standard InChI is InChI=1S/C55H78N4O5/c1-13-39-35(8)42-28-44-37(10)41(24-25-48(60)64-27-26-34(7)23-17-22-33(6)21-16-20-32(5)19-15-18-31(3)4)52(58-44)50-51(55(62)63-12)54(61)49-38(11)45(59-53(49)50)30-47-40(14-2)36(9)43(57-47)29-46(39)56-42/h13,26,28-33,37,41,51,55-59,62H,1,14-25,27H2,2-12H3/b34-26+,43-29-,44-28-,47-30-,52-50-/t32-,33-,37+,41+,51-,55?/m1/s1. The summed E-state index contributed by atoms with van der Waals surface area (Å²) < 4.78 is 11.3. The van der Waals surface area contributed by atoms with E-state index in [0.29, 0.717) is 23.3 Å². The number of carbonyl (C=O) groups is 2. The number of carbonyl (C=O) groups excluding carboxylic acids is 2. The maximum atomic E-state index is 14.5. The minimum Gasteiger partial charge on any atom is -0.461 e. The molecule has 348 valence electrons. The van der Waals surface area contributed by atoms with E-state index in [1.807, 2.05) is 13.0 Å².